The van der Waals surface area contributed by atoms with Crippen LogP contribution in [0.1, 0.15) is 44.7 Å². The van der Waals surface area contributed by atoms with Gasteiger partial charge in [-0.05, 0) is 63.8 Å². The fourth-order valence-electron chi connectivity index (χ4n) is 2.20. The second kappa shape index (κ2) is 4.82. The van der Waals surface area contributed by atoms with E-state index in [-0.39, 0.29) is 11.6 Å². The Morgan fingerprint density at radius 1 is 1.37 bits per heavy atom. The van der Waals surface area contributed by atoms with E-state index in [1.54, 1.807) is 0 Å². The minimum atomic E-state index is -0.466. The highest BCUT2D eigenvalue weighted by molar-refractivity contribution is 9.10. The Morgan fingerprint density at radius 3 is 2.53 bits per heavy atom. The van der Waals surface area contributed by atoms with E-state index in [1.807, 2.05) is 26.8 Å². The normalized spacial score (nSPS) is 16.9. The minimum absolute atomic E-state index is 0.240. The van der Waals surface area contributed by atoms with Gasteiger partial charge in [-0.2, -0.15) is 0 Å². The largest absolute Gasteiger partial charge is 0.444 e. The maximum Gasteiger partial charge on any atom is 0.408 e. The molecule has 1 saturated carbocycles. The number of ether oxygens (including phenoxy) is 1. The molecule has 3 nitrogen and oxygen atoms in total. The maximum absolute atomic E-state index is 11.9. The summed E-state index contributed by atoms with van der Waals surface area (Å²) in [5.41, 5.74) is 1.66. The molecule has 0 spiro atoms. The fourth-order valence-corrected chi connectivity index (χ4v) is 2.56. The molecule has 0 saturated heterocycles. The van der Waals surface area contributed by atoms with E-state index < -0.39 is 5.60 Å². The van der Waals surface area contributed by atoms with Gasteiger partial charge in [0.25, 0.3) is 0 Å². The van der Waals surface area contributed by atoms with Crippen molar-refractivity contribution >= 4 is 22.0 Å². The average molecular weight is 326 g/mol. The van der Waals surface area contributed by atoms with Crippen LogP contribution in [0.4, 0.5) is 4.79 Å². The zero-order chi connectivity index (χ0) is 14.3. The third-order valence-electron chi connectivity index (χ3n) is 3.21. The molecule has 1 amide bonds. The van der Waals surface area contributed by atoms with E-state index >= 15 is 0 Å². The molecule has 1 aliphatic rings. The Kier molecular flexibility index (Phi) is 3.65. The number of amides is 1. The molecule has 0 aliphatic heterocycles. The maximum atomic E-state index is 11.9. The molecule has 2 rings (SSSR count). The summed E-state index contributed by atoms with van der Waals surface area (Å²) in [5.74, 6) is 0. The fraction of sp³-hybridized carbons (Fsp3) is 0.533. The molecule has 4 heteroatoms. The molecule has 1 aromatic carbocycles. The lowest BCUT2D eigenvalue weighted by molar-refractivity contribution is 0.0495. The van der Waals surface area contributed by atoms with Crippen molar-refractivity contribution < 1.29 is 9.53 Å². The second-order valence-electron chi connectivity index (χ2n) is 6.17. The first-order chi connectivity index (χ1) is 8.72. The van der Waals surface area contributed by atoms with Gasteiger partial charge in [0.1, 0.15) is 5.60 Å². The number of hydrogen-bond donors (Lipinski definition) is 1. The summed E-state index contributed by atoms with van der Waals surface area (Å²) in [6, 6.07) is 6.17. The first-order valence-corrected chi connectivity index (χ1v) is 7.29. The Labute approximate surface area is 122 Å². The number of nitrogens with one attached hydrogen (secondary N) is 1. The van der Waals surface area contributed by atoms with Gasteiger partial charge in [-0.1, -0.05) is 22.0 Å². The standard InChI is InChI=1S/C15H20BrNO2/c1-10-5-6-11(16)9-12(10)15(7-8-15)17-13(18)19-14(2,3)4/h5-6,9H,7-8H2,1-4H3,(H,17,18). The minimum Gasteiger partial charge on any atom is -0.444 e. The van der Waals surface area contributed by atoms with Crippen LogP contribution in [-0.4, -0.2) is 11.7 Å². The van der Waals surface area contributed by atoms with Crippen LogP contribution < -0.4 is 5.32 Å². The molecular weight excluding hydrogens is 306 g/mol. The van der Waals surface area contributed by atoms with E-state index in [0.717, 1.165) is 17.3 Å². The molecule has 1 aromatic rings. The second-order valence-corrected chi connectivity index (χ2v) is 7.08. The molecule has 0 unspecified atom stereocenters. The predicted octanol–water partition coefficient (Wildman–Crippen LogP) is 4.27. The number of alkyl carbamates (subject to hydrolysis) is 1. The molecule has 1 aliphatic carbocycles. The molecule has 104 valence electrons. The van der Waals surface area contributed by atoms with Crippen molar-refractivity contribution in [3.8, 4) is 0 Å². The van der Waals surface area contributed by atoms with E-state index in [0.29, 0.717) is 0 Å². The number of aryl methyl sites for hydroxylation is 1. The summed E-state index contributed by atoms with van der Waals surface area (Å²) in [4.78, 5) is 11.9. The summed E-state index contributed by atoms with van der Waals surface area (Å²) in [5, 5.41) is 3.03. The van der Waals surface area contributed by atoms with Gasteiger partial charge in [0.15, 0.2) is 0 Å². The van der Waals surface area contributed by atoms with Gasteiger partial charge in [0.05, 0.1) is 5.54 Å². The quantitative estimate of drug-likeness (QED) is 0.881. The van der Waals surface area contributed by atoms with Gasteiger partial charge in [0.2, 0.25) is 0 Å². The number of benzene rings is 1. The molecular formula is C15H20BrNO2. The number of carbonyl (C=O) groups excluding carboxylic acids is 1. The molecule has 0 aromatic heterocycles. The highest BCUT2D eigenvalue weighted by atomic mass is 79.9. The van der Waals surface area contributed by atoms with Gasteiger partial charge in [0, 0.05) is 4.47 Å². The van der Waals surface area contributed by atoms with Crippen molar-refractivity contribution in [1.82, 2.24) is 5.32 Å². The smallest absolute Gasteiger partial charge is 0.408 e. The first kappa shape index (κ1) is 14.4. The van der Waals surface area contributed by atoms with Crippen LogP contribution in [0.15, 0.2) is 22.7 Å². The summed E-state index contributed by atoms with van der Waals surface area (Å²) in [6.45, 7) is 7.68. The van der Waals surface area contributed by atoms with Crippen LogP contribution >= 0.6 is 15.9 Å². The van der Waals surface area contributed by atoms with Crippen molar-refractivity contribution in [2.75, 3.05) is 0 Å². The van der Waals surface area contributed by atoms with Gasteiger partial charge in [-0.25, -0.2) is 4.79 Å². The Bertz CT molecular complexity index is 501. The number of carbonyl (C=O) groups is 1. The van der Waals surface area contributed by atoms with Gasteiger partial charge < -0.3 is 10.1 Å². The molecule has 1 N–H and O–H groups in total. The number of halogens is 1. The molecule has 0 bridgehead atoms. The lowest BCUT2D eigenvalue weighted by Crippen LogP contribution is -2.39. The Morgan fingerprint density at radius 2 is 2.00 bits per heavy atom. The van der Waals surface area contributed by atoms with E-state index in [4.69, 9.17) is 4.74 Å². The third-order valence-corrected chi connectivity index (χ3v) is 3.70. The summed E-state index contributed by atoms with van der Waals surface area (Å²) in [6.07, 6.45) is 1.58. The number of rotatable bonds is 2. The van der Waals surface area contributed by atoms with E-state index in [1.165, 1.54) is 11.1 Å². The van der Waals surface area contributed by atoms with E-state index in [2.05, 4.69) is 40.3 Å². The van der Waals surface area contributed by atoms with Crippen molar-refractivity contribution in [1.29, 1.82) is 0 Å². The van der Waals surface area contributed by atoms with Gasteiger partial charge in [-0.15, -0.1) is 0 Å². The lowest BCUT2D eigenvalue weighted by atomic mass is 9.99. The van der Waals surface area contributed by atoms with Crippen LogP contribution in [0.5, 0.6) is 0 Å². The topological polar surface area (TPSA) is 38.3 Å². The SMILES string of the molecule is Cc1ccc(Br)cc1C1(NC(=O)OC(C)(C)C)CC1. The van der Waals surface area contributed by atoms with Crippen LogP contribution in [0.3, 0.4) is 0 Å². The van der Waals surface area contributed by atoms with Crippen molar-refractivity contribution in [2.24, 2.45) is 0 Å². The molecule has 1 fully saturated rings. The number of hydrogen-bond acceptors (Lipinski definition) is 2. The molecule has 0 atom stereocenters. The van der Waals surface area contributed by atoms with Crippen LogP contribution in [0, 0.1) is 6.92 Å². The first-order valence-electron chi connectivity index (χ1n) is 6.50. The third kappa shape index (κ3) is 3.50. The van der Waals surface area contributed by atoms with Crippen molar-refractivity contribution in [3.63, 3.8) is 0 Å². The zero-order valence-electron chi connectivity index (χ0n) is 11.8. The van der Waals surface area contributed by atoms with Gasteiger partial charge in [-0.3, -0.25) is 0 Å². The van der Waals surface area contributed by atoms with Crippen molar-refractivity contribution in [3.05, 3.63) is 33.8 Å². The van der Waals surface area contributed by atoms with Crippen LogP contribution in [0.25, 0.3) is 0 Å². The molecule has 19 heavy (non-hydrogen) atoms. The molecule has 0 heterocycles. The zero-order valence-corrected chi connectivity index (χ0v) is 13.4. The highest BCUT2D eigenvalue weighted by Crippen LogP contribution is 2.47. The highest BCUT2D eigenvalue weighted by Gasteiger charge is 2.47. The van der Waals surface area contributed by atoms with Gasteiger partial charge >= 0.3 is 6.09 Å². The monoisotopic (exact) mass is 325 g/mol. The van der Waals surface area contributed by atoms with Crippen LogP contribution in [0.2, 0.25) is 0 Å². The summed E-state index contributed by atoms with van der Waals surface area (Å²) >= 11 is 3.49. The summed E-state index contributed by atoms with van der Waals surface area (Å²) in [7, 11) is 0. The molecule has 0 radical (unpaired) electrons. The summed E-state index contributed by atoms with van der Waals surface area (Å²) < 4.78 is 6.38. The van der Waals surface area contributed by atoms with Crippen molar-refractivity contribution in [2.45, 2.75) is 51.7 Å². The Hall–Kier alpha value is -1.03. The predicted molar refractivity (Wildman–Crippen MR) is 79.2 cm³/mol. The van der Waals surface area contributed by atoms with Crippen LogP contribution in [-0.2, 0) is 10.3 Å². The average Bonchev–Trinajstić information content (AvgIpc) is 2.99. The van der Waals surface area contributed by atoms with E-state index in [9.17, 15) is 4.79 Å². The Balaban J connectivity index is 2.15. The lowest BCUT2D eigenvalue weighted by Gasteiger charge is -2.24.